The van der Waals surface area contributed by atoms with Crippen molar-refractivity contribution in [3.8, 4) is 0 Å². The molecule has 3 nitrogen and oxygen atoms in total. The van der Waals surface area contributed by atoms with Crippen LogP contribution in [0, 0.1) is 0 Å². The Morgan fingerprint density at radius 2 is 1.74 bits per heavy atom. The molecule has 0 aromatic heterocycles. The van der Waals surface area contributed by atoms with Crippen molar-refractivity contribution in [2.24, 2.45) is 0 Å². The zero-order valence-corrected chi connectivity index (χ0v) is 11.9. The number of carbonyl (C=O) groups excluding carboxylic acids is 1. The van der Waals surface area contributed by atoms with E-state index in [4.69, 9.17) is 4.74 Å². The lowest BCUT2D eigenvalue weighted by molar-refractivity contribution is -0.000447. The number of piperidine rings is 1. The lowest BCUT2D eigenvalue weighted by Crippen LogP contribution is -2.43. The minimum absolute atomic E-state index is 0. The molecule has 0 amide bonds. The standard InChI is InChI=1S/C15H19NO2.ClH/c1-16-12-7-8-13(16)10-14(9-12)18-15(17)11-5-3-2-4-6-11;/h2-6,12-14H,7-10H2,1H3;1H. The van der Waals surface area contributed by atoms with Gasteiger partial charge in [0.2, 0.25) is 0 Å². The Kier molecular flexibility index (Phi) is 4.48. The van der Waals surface area contributed by atoms with E-state index in [2.05, 4.69) is 11.9 Å². The van der Waals surface area contributed by atoms with Crippen molar-refractivity contribution in [3.63, 3.8) is 0 Å². The van der Waals surface area contributed by atoms with E-state index < -0.39 is 0 Å². The topological polar surface area (TPSA) is 29.5 Å². The van der Waals surface area contributed by atoms with Crippen LogP contribution in [0.25, 0.3) is 0 Å². The summed E-state index contributed by atoms with van der Waals surface area (Å²) in [4.78, 5) is 14.4. The summed E-state index contributed by atoms with van der Waals surface area (Å²) >= 11 is 0. The van der Waals surface area contributed by atoms with Crippen LogP contribution >= 0.6 is 12.4 Å². The number of hydrogen-bond donors (Lipinski definition) is 0. The molecule has 19 heavy (non-hydrogen) atoms. The highest BCUT2D eigenvalue weighted by atomic mass is 35.5. The molecule has 2 aliphatic heterocycles. The number of nitrogens with zero attached hydrogens (tertiary/aromatic N) is 1. The summed E-state index contributed by atoms with van der Waals surface area (Å²) in [5, 5.41) is 0. The second-order valence-corrected chi connectivity index (χ2v) is 5.42. The molecule has 3 rings (SSSR count). The van der Waals surface area contributed by atoms with Crippen molar-refractivity contribution < 1.29 is 9.53 Å². The molecule has 0 saturated carbocycles. The van der Waals surface area contributed by atoms with E-state index in [1.807, 2.05) is 30.3 Å². The van der Waals surface area contributed by atoms with Gasteiger partial charge in [-0.25, -0.2) is 4.79 Å². The Labute approximate surface area is 120 Å². The molecular formula is C15H20ClNO2. The summed E-state index contributed by atoms with van der Waals surface area (Å²) < 4.78 is 5.64. The molecule has 2 unspecified atom stereocenters. The number of carbonyl (C=O) groups is 1. The van der Waals surface area contributed by atoms with Gasteiger partial charge in [-0.2, -0.15) is 0 Å². The average Bonchev–Trinajstić information content (AvgIpc) is 2.63. The number of benzene rings is 1. The van der Waals surface area contributed by atoms with Crippen LogP contribution in [0.15, 0.2) is 30.3 Å². The summed E-state index contributed by atoms with van der Waals surface area (Å²) in [5.74, 6) is -0.176. The van der Waals surface area contributed by atoms with Crippen molar-refractivity contribution in [1.29, 1.82) is 0 Å². The smallest absolute Gasteiger partial charge is 0.338 e. The fourth-order valence-corrected chi connectivity index (χ4v) is 3.25. The number of hydrogen-bond acceptors (Lipinski definition) is 3. The lowest BCUT2D eigenvalue weighted by atomic mass is 10.0. The fraction of sp³-hybridized carbons (Fsp3) is 0.533. The molecule has 2 aliphatic rings. The van der Waals surface area contributed by atoms with E-state index in [9.17, 15) is 4.79 Å². The maximum atomic E-state index is 12.0. The van der Waals surface area contributed by atoms with Crippen LogP contribution in [0.4, 0.5) is 0 Å². The first kappa shape index (κ1) is 14.4. The van der Waals surface area contributed by atoms with Crippen molar-refractivity contribution in [1.82, 2.24) is 4.90 Å². The maximum Gasteiger partial charge on any atom is 0.338 e. The number of halogens is 1. The highest BCUT2D eigenvalue weighted by Gasteiger charge is 2.39. The number of rotatable bonds is 2. The van der Waals surface area contributed by atoms with E-state index >= 15 is 0 Å². The molecule has 1 aromatic rings. The molecule has 2 fully saturated rings. The second kappa shape index (κ2) is 5.93. The molecule has 0 radical (unpaired) electrons. The van der Waals surface area contributed by atoms with Gasteiger partial charge in [0.25, 0.3) is 0 Å². The van der Waals surface area contributed by atoms with Gasteiger partial charge in [0.15, 0.2) is 0 Å². The molecule has 104 valence electrons. The molecule has 0 aliphatic carbocycles. The van der Waals surface area contributed by atoms with Crippen LogP contribution in [0.2, 0.25) is 0 Å². The van der Waals surface area contributed by atoms with Crippen LogP contribution in [0.5, 0.6) is 0 Å². The van der Waals surface area contributed by atoms with Gasteiger partial charge in [-0.1, -0.05) is 18.2 Å². The van der Waals surface area contributed by atoms with Gasteiger partial charge >= 0.3 is 5.97 Å². The van der Waals surface area contributed by atoms with Gasteiger partial charge in [0, 0.05) is 24.9 Å². The average molecular weight is 282 g/mol. The van der Waals surface area contributed by atoms with Crippen molar-refractivity contribution in [3.05, 3.63) is 35.9 Å². The van der Waals surface area contributed by atoms with Gasteiger partial charge in [-0.05, 0) is 32.0 Å². The van der Waals surface area contributed by atoms with E-state index in [1.165, 1.54) is 12.8 Å². The third kappa shape index (κ3) is 2.93. The van der Waals surface area contributed by atoms with Crippen LogP contribution in [0.1, 0.15) is 36.0 Å². The summed E-state index contributed by atoms with van der Waals surface area (Å²) in [5.41, 5.74) is 0.656. The molecule has 0 N–H and O–H groups in total. The Hall–Kier alpha value is -1.06. The molecule has 2 atom stereocenters. The molecule has 2 bridgehead atoms. The highest BCUT2D eigenvalue weighted by Crippen LogP contribution is 2.35. The number of fused-ring (bicyclic) bond motifs is 2. The zero-order valence-electron chi connectivity index (χ0n) is 11.1. The summed E-state index contributed by atoms with van der Waals surface area (Å²) in [6.07, 6.45) is 4.59. The van der Waals surface area contributed by atoms with Crippen LogP contribution in [-0.2, 0) is 4.74 Å². The predicted molar refractivity (Wildman–Crippen MR) is 76.7 cm³/mol. The zero-order chi connectivity index (χ0) is 12.5. The monoisotopic (exact) mass is 281 g/mol. The Balaban J connectivity index is 0.00000133. The Bertz CT molecular complexity index is 423. The van der Waals surface area contributed by atoms with Crippen molar-refractivity contribution in [2.75, 3.05) is 7.05 Å². The Morgan fingerprint density at radius 1 is 1.16 bits per heavy atom. The molecule has 1 aromatic carbocycles. The normalized spacial score (nSPS) is 29.6. The molecular weight excluding hydrogens is 262 g/mol. The molecule has 0 spiro atoms. The third-order valence-electron chi connectivity index (χ3n) is 4.34. The first-order valence-electron chi connectivity index (χ1n) is 6.72. The van der Waals surface area contributed by atoms with Gasteiger partial charge in [0.1, 0.15) is 6.10 Å². The summed E-state index contributed by atoms with van der Waals surface area (Å²) in [6.45, 7) is 0. The molecule has 2 heterocycles. The van der Waals surface area contributed by atoms with Crippen molar-refractivity contribution >= 4 is 18.4 Å². The van der Waals surface area contributed by atoms with Gasteiger partial charge in [-0.3, -0.25) is 0 Å². The van der Waals surface area contributed by atoms with Gasteiger partial charge < -0.3 is 9.64 Å². The fourth-order valence-electron chi connectivity index (χ4n) is 3.25. The second-order valence-electron chi connectivity index (χ2n) is 5.42. The van der Waals surface area contributed by atoms with Gasteiger partial charge in [-0.15, -0.1) is 12.4 Å². The first-order valence-corrected chi connectivity index (χ1v) is 6.72. The SMILES string of the molecule is CN1C2CCC1CC(OC(=O)c1ccccc1)C2.Cl. The van der Waals surface area contributed by atoms with E-state index in [-0.39, 0.29) is 24.5 Å². The maximum absolute atomic E-state index is 12.0. The lowest BCUT2D eigenvalue weighted by Gasteiger charge is -2.35. The van der Waals surface area contributed by atoms with E-state index in [1.54, 1.807) is 0 Å². The quantitative estimate of drug-likeness (QED) is 0.781. The summed E-state index contributed by atoms with van der Waals surface area (Å²) in [6, 6.07) is 10.5. The van der Waals surface area contributed by atoms with Crippen LogP contribution in [0.3, 0.4) is 0 Å². The van der Waals surface area contributed by atoms with Crippen LogP contribution in [-0.4, -0.2) is 36.1 Å². The minimum atomic E-state index is -0.176. The minimum Gasteiger partial charge on any atom is -0.459 e. The van der Waals surface area contributed by atoms with E-state index in [0.717, 1.165) is 12.8 Å². The highest BCUT2D eigenvalue weighted by molar-refractivity contribution is 5.89. The van der Waals surface area contributed by atoms with Crippen molar-refractivity contribution in [2.45, 2.75) is 43.9 Å². The first-order chi connectivity index (χ1) is 8.74. The summed E-state index contributed by atoms with van der Waals surface area (Å²) in [7, 11) is 2.19. The predicted octanol–water partition coefficient (Wildman–Crippen LogP) is 2.89. The number of ether oxygens (including phenoxy) is 1. The number of esters is 1. The Morgan fingerprint density at radius 3 is 2.32 bits per heavy atom. The third-order valence-corrected chi connectivity index (χ3v) is 4.34. The van der Waals surface area contributed by atoms with Crippen LogP contribution < -0.4 is 0 Å². The largest absolute Gasteiger partial charge is 0.459 e. The van der Waals surface area contributed by atoms with Gasteiger partial charge in [0.05, 0.1) is 5.56 Å². The molecule has 4 heteroatoms. The van der Waals surface area contributed by atoms with E-state index in [0.29, 0.717) is 17.6 Å². The molecule has 2 saturated heterocycles.